The first-order valence-electron chi connectivity index (χ1n) is 7.13. The SMILES string of the molecule is CC(=O)ON1C(C)(C)C(O[N+](=O)[O-])C(O[N+](=O)[O-])C(O[N+](=O)[O-])C1(C)C. The number of carbonyl (C=O) groups excluding carboxylic acids is 1. The molecule has 2 atom stereocenters. The first-order chi connectivity index (χ1) is 11.7. The molecule has 0 aromatic heterocycles. The van der Waals surface area contributed by atoms with Gasteiger partial charge in [-0.05, 0) is 27.7 Å². The molecule has 26 heavy (non-hydrogen) atoms. The molecule has 1 aliphatic heterocycles. The smallest absolute Gasteiger partial charge is 0.322 e. The number of piperidine rings is 1. The van der Waals surface area contributed by atoms with Gasteiger partial charge in [0, 0.05) is 6.92 Å². The zero-order valence-corrected chi connectivity index (χ0v) is 14.5. The van der Waals surface area contributed by atoms with E-state index >= 15 is 0 Å². The van der Waals surface area contributed by atoms with Crippen LogP contribution in [-0.4, -0.2) is 55.7 Å². The van der Waals surface area contributed by atoms with Gasteiger partial charge in [-0.2, -0.15) is 0 Å². The first kappa shape index (κ1) is 21.1. The molecule has 148 valence electrons. The lowest BCUT2D eigenvalue weighted by Gasteiger charge is -2.57. The van der Waals surface area contributed by atoms with E-state index in [1.165, 1.54) is 27.7 Å². The fourth-order valence-electron chi connectivity index (χ4n) is 3.07. The van der Waals surface area contributed by atoms with Crippen LogP contribution in [0.15, 0.2) is 0 Å². The fourth-order valence-corrected chi connectivity index (χ4v) is 3.07. The average Bonchev–Trinajstić information content (AvgIpc) is 2.43. The Balaban J connectivity index is 3.56. The summed E-state index contributed by atoms with van der Waals surface area (Å²) in [4.78, 5) is 62.5. The molecular formula is C11H18N4O11. The van der Waals surface area contributed by atoms with Crippen LogP contribution in [0.4, 0.5) is 0 Å². The summed E-state index contributed by atoms with van der Waals surface area (Å²) >= 11 is 0. The van der Waals surface area contributed by atoms with Crippen molar-refractivity contribution in [2.75, 3.05) is 0 Å². The van der Waals surface area contributed by atoms with Crippen LogP contribution in [-0.2, 0) is 24.1 Å². The molecule has 1 fully saturated rings. The number of hydroxylamine groups is 2. The third-order valence-electron chi connectivity index (χ3n) is 3.86. The molecule has 0 N–H and O–H groups in total. The Morgan fingerprint density at radius 2 is 1.19 bits per heavy atom. The topological polar surface area (TPSA) is 187 Å². The van der Waals surface area contributed by atoms with Crippen LogP contribution in [0.25, 0.3) is 0 Å². The Kier molecular flexibility index (Phi) is 5.76. The van der Waals surface area contributed by atoms with Gasteiger partial charge in [0.2, 0.25) is 0 Å². The lowest BCUT2D eigenvalue weighted by molar-refractivity contribution is -0.824. The maximum atomic E-state index is 11.5. The van der Waals surface area contributed by atoms with E-state index < -0.39 is 50.6 Å². The van der Waals surface area contributed by atoms with Crippen LogP contribution < -0.4 is 0 Å². The maximum Gasteiger partial charge on any atom is 0.322 e. The Morgan fingerprint density at radius 3 is 1.46 bits per heavy atom. The van der Waals surface area contributed by atoms with Gasteiger partial charge in [-0.1, -0.05) is 0 Å². The van der Waals surface area contributed by atoms with Crippen molar-refractivity contribution in [2.45, 2.75) is 64.0 Å². The van der Waals surface area contributed by atoms with Gasteiger partial charge in [0.25, 0.3) is 15.3 Å². The molecule has 0 amide bonds. The minimum absolute atomic E-state index is 0.834. The molecule has 1 heterocycles. The van der Waals surface area contributed by atoms with E-state index in [-0.39, 0.29) is 0 Å². The standard InChI is InChI=1S/C11H18N4O11/c1-6(16)23-12-10(2,3)8(25-14(19)20)7(24-13(17)18)9(11(12,4)5)26-15(21)22/h7-9H,1-5H3. The number of carbonyl (C=O) groups is 1. The molecule has 15 heteroatoms. The highest BCUT2D eigenvalue weighted by molar-refractivity contribution is 5.65. The maximum absolute atomic E-state index is 11.5. The van der Waals surface area contributed by atoms with Gasteiger partial charge < -0.3 is 19.4 Å². The third kappa shape index (κ3) is 4.16. The van der Waals surface area contributed by atoms with Gasteiger partial charge in [-0.25, -0.2) is 0 Å². The fraction of sp³-hybridized carbons (Fsp3) is 0.909. The molecule has 0 aromatic carbocycles. The van der Waals surface area contributed by atoms with Crippen molar-refractivity contribution in [3.8, 4) is 0 Å². The van der Waals surface area contributed by atoms with Crippen molar-refractivity contribution in [2.24, 2.45) is 0 Å². The summed E-state index contributed by atoms with van der Waals surface area (Å²) in [7, 11) is 0. The van der Waals surface area contributed by atoms with Crippen LogP contribution in [0.5, 0.6) is 0 Å². The normalized spacial score (nSPS) is 27.0. The summed E-state index contributed by atoms with van der Waals surface area (Å²) in [5.74, 6) is -0.834. The lowest BCUT2D eigenvalue weighted by Crippen LogP contribution is -2.77. The van der Waals surface area contributed by atoms with Crippen LogP contribution in [0.3, 0.4) is 0 Å². The highest BCUT2D eigenvalue weighted by atomic mass is 17.0. The molecule has 1 saturated heterocycles. The monoisotopic (exact) mass is 382 g/mol. The van der Waals surface area contributed by atoms with E-state index in [2.05, 4.69) is 14.5 Å². The molecule has 0 bridgehead atoms. The first-order valence-corrected chi connectivity index (χ1v) is 7.13. The van der Waals surface area contributed by atoms with Crippen LogP contribution >= 0.6 is 0 Å². The van der Waals surface area contributed by atoms with Crippen molar-refractivity contribution in [1.29, 1.82) is 0 Å². The zero-order valence-electron chi connectivity index (χ0n) is 14.5. The number of nitrogens with zero attached hydrogens (tertiary/aromatic N) is 4. The highest BCUT2D eigenvalue weighted by Gasteiger charge is 2.64. The molecule has 0 aromatic rings. The molecule has 0 radical (unpaired) electrons. The van der Waals surface area contributed by atoms with E-state index in [9.17, 15) is 35.1 Å². The van der Waals surface area contributed by atoms with E-state index in [4.69, 9.17) is 4.84 Å². The minimum atomic E-state index is -1.88. The second-order valence-electron chi connectivity index (χ2n) is 6.48. The van der Waals surface area contributed by atoms with Gasteiger partial charge in [-0.15, -0.1) is 35.4 Å². The Bertz CT molecular complexity index is 571. The summed E-state index contributed by atoms with van der Waals surface area (Å²) in [6.45, 7) is 6.34. The van der Waals surface area contributed by atoms with Crippen LogP contribution in [0.2, 0.25) is 0 Å². The summed E-state index contributed by atoms with van der Waals surface area (Å²) in [5.41, 5.74) is -3.14. The van der Waals surface area contributed by atoms with Gasteiger partial charge in [0.1, 0.15) is 0 Å². The van der Waals surface area contributed by atoms with Crippen molar-refractivity contribution in [1.82, 2.24) is 5.06 Å². The van der Waals surface area contributed by atoms with E-state index in [0.29, 0.717) is 0 Å². The molecular weight excluding hydrogens is 364 g/mol. The van der Waals surface area contributed by atoms with Gasteiger partial charge >= 0.3 is 5.97 Å². The summed E-state index contributed by atoms with van der Waals surface area (Å²) in [6.07, 6.45) is -5.43. The number of rotatable bonds is 7. The lowest BCUT2D eigenvalue weighted by atomic mass is 9.75. The largest absolute Gasteiger partial charge is 0.367 e. The van der Waals surface area contributed by atoms with Gasteiger partial charge in [0.15, 0.2) is 18.3 Å². The van der Waals surface area contributed by atoms with Crippen molar-refractivity contribution in [3.05, 3.63) is 30.3 Å². The summed E-state index contributed by atoms with van der Waals surface area (Å²) in [6, 6.07) is 0. The van der Waals surface area contributed by atoms with Crippen LogP contribution in [0.1, 0.15) is 34.6 Å². The van der Waals surface area contributed by atoms with Crippen molar-refractivity contribution >= 4 is 5.97 Å². The molecule has 0 spiro atoms. The molecule has 15 nitrogen and oxygen atoms in total. The predicted molar refractivity (Wildman–Crippen MR) is 77.4 cm³/mol. The number of hydrogen-bond acceptors (Lipinski definition) is 12. The second kappa shape index (κ2) is 7.11. The minimum Gasteiger partial charge on any atom is -0.367 e. The van der Waals surface area contributed by atoms with E-state index in [1.54, 1.807) is 0 Å². The van der Waals surface area contributed by atoms with Crippen LogP contribution in [0, 0.1) is 30.3 Å². The highest BCUT2D eigenvalue weighted by Crippen LogP contribution is 2.43. The summed E-state index contributed by atoms with van der Waals surface area (Å²) in [5, 5.41) is 29.7. The Morgan fingerprint density at radius 1 is 0.846 bits per heavy atom. The quantitative estimate of drug-likeness (QED) is 0.426. The Hall–Kier alpha value is -2.97. The van der Waals surface area contributed by atoms with E-state index in [0.717, 1.165) is 12.0 Å². The molecule has 1 aliphatic rings. The molecule has 1 rings (SSSR count). The molecule has 0 aliphatic carbocycles. The molecule has 0 saturated carbocycles. The van der Waals surface area contributed by atoms with Gasteiger partial charge in [-0.3, -0.25) is 4.79 Å². The Labute approximate surface area is 146 Å². The number of hydrogen-bond donors (Lipinski definition) is 0. The summed E-state index contributed by atoms with van der Waals surface area (Å²) < 4.78 is 0. The van der Waals surface area contributed by atoms with Gasteiger partial charge in [0.05, 0.1) is 11.1 Å². The van der Waals surface area contributed by atoms with Crippen molar-refractivity contribution < 1.29 is 39.4 Å². The van der Waals surface area contributed by atoms with Crippen molar-refractivity contribution in [3.63, 3.8) is 0 Å². The zero-order chi connectivity index (χ0) is 20.4. The average molecular weight is 382 g/mol. The van der Waals surface area contributed by atoms with E-state index in [1.807, 2.05) is 0 Å². The predicted octanol–water partition coefficient (Wildman–Crippen LogP) is 0.0680. The molecule has 2 unspecified atom stereocenters. The third-order valence-corrected chi connectivity index (χ3v) is 3.86. The second-order valence-corrected chi connectivity index (χ2v) is 6.48.